The Balaban J connectivity index is 1.67. The fourth-order valence-electron chi connectivity index (χ4n) is 4.51. The summed E-state index contributed by atoms with van der Waals surface area (Å²) < 4.78 is 11.1. The maximum Gasteiger partial charge on any atom is 0.231 e. The van der Waals surface area contributed by atoms with E-state index in [1.807, 2.05) is 0 Å². The van der Waals surface area contributed by atoms with E-state index in [1.54, 1.807) is 0 Å². The normalized spacial score (nSPS) is 30.2. The minimum Gasteiger partial charge on any atom is -0.454 e. The molecule has 2 aromatic rings. The Labute approximate surface area is 124 Å². The average Bonchev–Trinajstić information content (AvgIpc) is 3.08. The van der Waals surface area contributed by atoms with Crippen LogP contribution in [0.5, 0.6) is 11.5 Å². The van der Waals surface area contributed by atoms with Gasteiger partial charge in [0, 0.05) is 35.1 Å². The lowest BCUT2D eigenvalue weighted by molar-refractivity contribution is 0.0874. The molecule has 1 unspecified atom stereocenters. The molecule has 1 aromatic heterocycles. The van der Waals surface area contributed by atoms with Gasteiger partial charge in [-0.15, -0.1) is 0 Å². The quantitative estimate of drug-likeness (QED) is 0.874. The lowest BCUT2D eigenvalue weighted by Gasteiger charge is -2.45. The van der Waals surface area contributed by atoms with Crippen LogP contribution in [0.15, 0.2) is 12.1 Å². The molecule has 21 heavy (non-hydrogen) atoms. The second-order valence-corrected chi connectivity index (χ2v) is 6.66. The number of nitrogens with one attached hydrogen (secondary N) is 1. The first-order valence-electron chi connectivity index (χ1n) is 7.94. The van der Waals surface area contributed by atoms with E-state index in [4.69, 9.17) is 9.47 Å². The first kappa shape index (κ1) is 11.9. The molecule has 4 nitrogen and oxygen atoms in total. The molecule has 0 amide bonds. The summed E-state index contributed by atoms with van der Waals surface area (Å²) in [6.45, 7) is 6.34. The van der Waals surface area contributed by atoms with Crippen LogP contribution in [0, 0.1) is 12.8 Å². The molecule has 3 saturated heterocycles. The molecular formula is C17H20N2O2. The van der Waals surface area contributed by atoms with E-state index in [2.05, 4.69) is 28.9 Å². The summed E-state index contributed by atoms with van der Waals surface area (Å²) in [4.78, 5) is 6.18. The predicted octanol–water partition coefficient (Wildman–Crippen LogP) is 3.01. The second kappa shape index (κ2) is 4.17. The van der Waals surface area contributed by atoms with Gasteiger partial charge in [-0.3, -0.25) is 0 Å². The standard InChI is InChI=1S/C17H20N2O2/c1-10-17(13-8-19-4-2-11(13)3-5-19)12-6-15-16(21-9-20-15)7-14(12)18-10/h6-7,11,13,18H,2-5,8-9H2,1H3. The number of aromatic nitrogens is 1. The van der Waals surface area contributed by atoms with Crippen LogP contribution < -0.4 is 9.47 Å². The Kier molecular flexibility index (Phi) is 2.37. The van der Waals surface area contributed by atoms with Crippen LogP contribution >= 0.6 is 0 Å². The number of hydrogen-bond acceptors (Lipinski definition) is 3. The zero-order chi connectivity index (χ0) is 14.0. The van der Waals surface area contributed by atoms with Gasteiger partial charge in [0.1, 0.15) is 0 Å². The second-order valence-electron chi connectivity index (χ2n) is 6.66. The van der Waals surface area contributed by atoms with Crippen LogP contribution in [-0.4, -0.2) is 36.3 Å². The van der Waals surface area contributed by atoms with Gasteiger partial charge in [-0.1, -0.05) is 0 Å². The van der Waals surface area contributed by atoms with Crippen molar-refractivity contribution in [2.45, 2.75) is 25.7 Å². The Morgan fingerprint density at radius 2 is 1.90 bits per heavy atom. The highest BCUT2D eigenvalue weighted by Crippen LogP contribution is 2.45. The molecule has 6 rings (SSSR count). The Bertz CT molecular complexity index is 713. The SMILES string of the molecule is Cc1[nH]c2cc3c(cc2c1C1CN2CCC1CC2)OCO3. The molecule has 4 heteroatoms. The van der Waals surface area contributed by atoms with E-state index in [0.717, 1.165) is 17.4 Å². The zero-order valence-electron chi connectivity index (χ0n) is 12.3. The summed E-state index contributed by atoms with van der Waals surface area (Å²) in [6, 6.07) is 4.27. The van der Waals surface area contributed by atoms with Gasteiger partial charge in [-0.05, 0) is 50.4 Å². The van der Waals surface area contributed by atoms with Crippen LogP contribution in [0.25, 0.3) is 10.9 Å². The number of aromatic amines is 1. The Hall–Kier alpha value is -1.68. The number of fused-ring (bicyclic) bond motifs is 5. The van der Waals surface area contributed by atoms with Crippen molar-refractivity contribution in [1.82, 2.24) is 9.88 Å². The van der Waals surface area contributed by atoms with Crippen molar-refractivity contribution in [3.05, 3.63) is 23.4 Å². The third-order valence-corrected chi connectivity index (χ3v) is 5.56. The first-order chi connectivity index (χ1) is 10.3. The topological polar surface area (TPSA) is 37.5 Å². The molecule has 4 aliphatic heterocycles. The lowest BCUT2D eigenvalue weighted by atomic mass is 9.75. The summed E-state index contributed by atoms with van der Waals surface area (Å²) >= 11 is 0. The largest absolute Gasteiger partial charge is 0.454 e. The zero-order valence-corrected chi connectivity index (χ0v) is 12.3. The fourth-order valence-corrected chi connectivity index (χ4v) is 4.51. The third-order valence-electron chi connectivity index (χ3n) is 5.56. The molecule has 0 saturated carbocycles. The molecule has 3 fully saturated rings. The summed E-state index contributed by atoms with van der Waals surface area (Å²) in [5.41, 5.74) is 4.01. The van der Waals surface area contributed by atoms with E-state index >= 15 is 0 Å². The van der Waals surface area contributed by atoms with Crippen molar-refractivity contribution < 1.29 is 9.47 Å². The van der Waals surface area contributed by atoms with Gasteiger partial charge in [0.05, 0.1) is 0 Å². The minimum atomic E-state index is 0.343. The predicted molar refractivity (Wildman–Crippen MR) is 81.1 cm³/mol. The van der Waals surface area contributed by atoms with Crippen molar-refractivity contribution >= 4 is 10.9 Å². The number of ether oxygens (including phenoxy) is 2. The molecular weight excluding hydrogens is 264 g/mol. The Morgan fingerprint density at radius 1 is 1.14 bits per heavy atom. The number of nitrogens with zero attached hydrogens (tertiary/aromatic N) is 1. The van der Waals surface area contributed by atoms with E-state index in [9.17, 15) is 0 Å². The van der Waals surface area contributed by atoms with E-state index in [-0.39, 0.29) is 0 Å². The molecule has 0 aliphatic carbocycles. The molecule has 1 atom stereocenters. The molecule has 1 N–H and O–H groups in total. The van der Waals surface area contributed by atoms with Crippen LogP contribution in [0.4, 0.5) is 0 Å². The van der Waals surface area contributed by atoms with Crippen LogP contribution in [0.2, 0.25) is 0 Å². The summed E-state index contributed by atoms with van der Waals surface area (Å²) in [7, 11) is 0. The monoisotopic (exact) mass is 284 g/mol. The Morgan fingerprint density at radius 3 is 2.62 bits per heavy atom. The summed E-state index contributed by atoms with van der Waals surface area (Å²) in [5.74, 6) is 3.27. The van der Waals surface area contributed by atoms with Gasteiger partial charge in [0.2, 0.25) is 6.79 Å². The first-order valence-corrected chi connectivity index (χ1v) is 7.94. The number of piperidine rings is 3. The van der Waals surface area contributed by atoms with Crippen molar-refractivity contribution in [2.75, 3.05) is 26.4 Å². The van der Waals surface area contributed by atoms with Gasteiger partial charge < -0.3 is 19.4 Å². The molecule has 0 spiro atoms. The van der Waals surface area contributed by atoms with Gasteiger partial charge in [-0.2, -0.15) is 0 Å². The maximum absolute atomic E-state index is 5.57. The number of H-pyrrole nitrogens is 1. The maximum atomic E-state index is 5.57. The summed E-state index contributed by atoms with van der Waals surface area (Å²) in [6.07, 6.45) is 2.70. The van der Waals surface area contributed by atoms with Gasteiger partial charge in [-0.25, -0.2) is 0 Å². The van der Waals surface area contributed by atoms with Crippen molar-refractivity contribution in [2.24, 2.45) is 5.92 Å². The smallest absolute Gasteiger partial charge is 0.231 e. The number of aryl methyl sites for hydroxylation is 1. The van der Waals surface area contributed by atoms with Crippen LogP contribution in [-0.2, 0) is 0 Å². The number of rotatable bonds is 1. The lowest BCUT2D eigenvalue weighted by Crippen LogP contribution is -2.46. The molecule has 2 bridgehead atoms. The fraction of sp³-hybridized carbons (Fsp3) is 0.529. The van der Waals surface area contributed by atoms with Crippen molar-refractivity contribution in [3.8, 4) is 11.5 Å². The highest BCUT2D eigenvalue weighted by Gasteiger charge is 2.37. The highest BCUT2D eigenvalue weighted by atomic mass is 16.7. The van der Waals surface area contributed by atoms with E-state index in [0.29, 0.717) is 12.7 Å². The minimum absolute atomic E-state index is 0.343. The van der Waals surface area contributed by atoms with Crippen LogP contribution in [0.3, 0.4) is 0 Å². The summed E-state index contributed by atoms with van der Waals surface area (Å²) in [5, 5.41) is 1.33. The van der Waals surface area contributed by atoms with Crippen LogP contribution in [0.1, 0.15) is 30.0 Å². The van der Waals surface area contributed by atoms with Gasteiger partial charge in [0.25, 0.3) is 0 Å². The van der Waals surface area contributed by atoms with E-state index < -0.39 is 0 Å². The molecule has 5 heterocycles. The molecule has 1 aromatic carbocycles. The van der Waals surface area contributed by atoms with Gasteiger partial charge in [0.15, 0.2) is 11.5 Å². The number of hydrogen-bond donors (Lipinski definition) is 1. The molecule has 0 radical (unpaired) electrons. The highest BCUT2D eigenvalue weighted by molar-refractivity contribution is 5.88. The van der Waals surface area contributed by atoms with E-state index in [1.165, 1.54) is 54.6 Å². The van der Waals surface area contributed by atoms with Crippen molar-refractivity contribution in [3.63, 3.8) is 0 Å². The van der Waals surface area contributed by atoms with Crippen molar-refractivity contribution in [1.29, 1.82) is 0 Å². The van der Waals surface area contributed by atoms with Gasteiger partial charge >= 0.3 is 0 Å². The number of benzene rings is 1. The third kappa shape index (κ3) is 1.65. The average molecular weight is 284 g/mol. The molecule has 110 valence electrons. The molecule has 4 aliphatic rings.